The van der Waals surface area contributed by atoms with Gasteiger partial charge in [0.15, 0.2) is 0 Å². The second-order valence-electron chi connectivity index (χ2n) is 4.77. The molecular formula is C15H14FN3O4S. The zero-order valence-corrected chi connectivity index (χ0v) is 13.2. The molecule has 2 rings (SSSR count). The summed E-state index contributed by atoms with van der Waals surface area (Å²) in [6.07, 6.45) is -0.0100. The first-order valence-electron chi connectivity index (χ1n) is 6.89. The summed E-state index contributed by atoms with van der Waals surface area (Å²) in [6.45, 7) is -0.803. The van der Waals surface area contributed by atoms with Gasteiger partial charge in [0.25, 0.3) is 0 Å². The van der Waals surface area contributed by atoms with Crippen molar-refractivity contribution in [2.75, 3.05) is 13.1 Å². The molecule has 3 N–H and O–H groups in total. The molecule has 2 aromatic rings. The molecule has 0 unspecified atom stereocenters. The van der Waals surface area contributed by atoms with Crippen molar-refractivity contribution >= 4 is 29.1 Å². The summed E-state index contributed by atoms with van der Waals surface area (Å²) in [5.74, 6) is -2.49. The number of thiazole rings is 1. The molecule has 24 heavy (non-hydrogen) atoms. The average molecular weight is 351 g/mol. The number of hydrogen-bond donors (Lipinski definition) is 3. The van der Waals surface area contributed by atoms with E-state index >= 15 is 0 Å². The summed E-state index contributed by atoms with van der Waals surface area (Å²) in [7, 11) is 0. The molecule has 7 nitrogen and oxygen atoms in total. The highest BCUT2D eigenvalue weighted by Gasteiger charge is 2.11. The number of carboxylic acids is 1. The van der Waals surface area contributed by atoms with Crippen molar-refractivity contribution in [1.29, 1.82) is 0 Å². The monoisotopic (exact) mass is 351 g/mol. The van der Waals surface area contributed by atoms with E-state index in [0.717, 1.165) is 5.56 Å². The number of carbonyl (C=O) groups is 3. The van der Waals surface area contributed by atoms with E-state index in [1.807, 2.05) is 0 Å². The second-order valence-corrected chi connectivity index (χ2v) is 5.63. The Balaban J connectivity index is 1.83. The Hall–Kier alpha value is -2.81. The Morgan fingerprint density at radius 3 is 2.42 bits per heavy atom. The summed E-state index contributed by atoms with van der Waals surface area (Å²) in [4.78, 5) is 37.6. The number of hydrogen-bond acceptors (Lipinski definition) is 5. The SMILES string of the molecule is O=C(O)CNC(=O)CNC(=O)Cc1csc(-c2ccc(F)cc2)n1. The molecule has 9 heteroatoms. The number of aromatic nitrogens is 1. The molecule has 1 heterocycles. The molecular weight excluding hydrogens is 337 g/mol. The Morgan fingerprint density at radius 2 is 1.75 bits per heavy atom. The minimum Gasteiger partial charge on any atom is -0.480 e. The third-order valence-electron chi connectivity index (χ3n) is 2.87. The van der Waals surface area contributed by atoms with Crippen molar-refractivity contribution in [2.24, 2.45) is 0 Å². The molecule has 0 saturated heterocycles. The van der Waals surface area contributed by atoms with Crippen molar-refractivity contribution < 1.29 is 23.9 Å². The molecule has 0 radical (unpaired) electrons. The minimum absolute atomic E-state index is 0.0100. The first-order valence-corrected chi connectivity index (χ1v) is 7.77. The van der Waals surface area contributed by atoms with Crippen LogP contribution in [-0.2, 0) is 20.8 Å². The van der Waals surface area contributed by atoms with Crippen LogP contribution in [0.5, 0.6) is 0 Å². The quantitative estimate of drug-likeness (QED) is 0.684. The van der Waals surface area contributed by atoms with Crippen LogP contribution in [0.2, 0.25) is 0 Å². The molecule has 1 aromatic heterocycles. The predicted molar refractivity (Wildman–Crippen MR) is 84.9 cm³/mol. The van der Waals surface area contributed by atoms with Gasteiger partial charge in [-0.05, 0) is 24.3 Å². The van der Waals surface area contributed by atoms with Gasteiger partial charge in [-0.25, -0.2) is 9.37 Å². The maximum atomic E-state index is 12.9. The van der Waals surface area contributed by atoms with Gasteiger partial charge in [-0.2, -0.15) is 0 Å². The predicted octanol–water partition coefficient (Wildman–Crippen LogP) is 0.809. The molecule has 0 bridgehead atoms. The first-order chi connectivity index (χ1) is 11.4. The highest BCUT2D eigenvalue weighted by molar-refractivity contribution is 7.13. The number of nitrogens with one attached hydrogen (secondary N) is 2. The van der Waals surface area contributed by atoms with Gasteiger partial charge in [0.1, 0.15) is 17.4 Å². The third-order valence-corrected chi connectivity index (χ3v) is 3.81. The normalized spacial score (nSPS) is 10.2. The molecule has 0 aliphatic heterocycles. The Labute approximate surface area is 140 Å². The van der Waals surface area contributed by atoms with Crippen LogP contribution in [-0.4, -0.2) is 41.0 Å². The van der Waals surface area contributed by atoms with E-state index in [1.54, 1.807) is 17.5 Å². The number of carbonyl (C=O) groups excluding carboxylic acids is 2. The summed E-state index contributed by atoms with van der Waals surface area (Å²) >= 11 is 1.33. The molecule has 2 amide bonds. The molecule has 0 aliphatic carbocycles. The molecule has 0 spiro atoms. The van der Waals surface area contributed by atoms with Crippen molar-refractivity contribution in [3.05, 3.63) is 41.2 Å². The van der Waals surface area contributed by atoms with Crippen LogP contribution >= 0.6 is 11.3 Å². The lowest BCUT2D eigenvalue weighted by molar-refractivity contribution is -0.137. The van der Waals surface area contributed by atoms with E-state index in [1.165, 1.54) is 23.5 Å². The highest BCUT2D eigenvalue weighted by Crippen LogP contribution is 2.23. The molecule has 126 valence electrons. The van der Waals surface area contributed by atoms with E-state index < -0.39 is 24.3 Å². The number of amides is 2. The van der Waals surface area contributed by atoms with Crippen LogP contribution in [0.25, 0.3) is 10.6 Å². The standard InChI is InChI=1S/C15H14FN3O4S/c16-10-3-1-9(2-4-10)15-19-11(8-24-15)5-12(20)17-6-13(21)18-7-14(22)23/h1-4,8H,5-7H2,(H,17,20)(H,18,21)(H,22,23). The van der Waals surface area contributed by atoms with Gasteiger partial charge < -0.3 is 15.7 Å². The van der Waals surface area contributed by atoms with Crippen LogP contribution in [0.1, 0.15) is 5.69 Å². The molecule has 0 fully saturated rings. The van der Waals surface area contributed by atoms with Gasteiger partial charge in [0.2, 0.25) is 11.8 Å². The number of benzene rings is 1. The average Bonchev–Trinajstić information content (AvgIpc) is 3.00. The number of aliphatic carboxylic acids is 1. The Kier molecular flexibility index (Phi) is 5.96. The summed E-state index contributed by atoms with van der Waals surface area (Å²) in [6, 6.07) is 5.87. The van der Waals surface area contributed by atoms with Crippen LogP contribution in [0.15, 0.2) is 29.6 Å². The van der Waals surface area contributed by atoms with E-state index in [2.05, 4.69) is 15.6 Å². The summed E-state index contributed by atoms with van der Waals surface area (Å²) < 4.78 is 12.9. The Bertz CT molecular complexity index is 745. The maximum absolute atomic E-state index is 12.9. The van der Waals surface area contributed by atoms with E-state index in [9.17, 15) is 18.8 Å². The zero-order valence-electron chi connectivity index (χ0n) is 12.4. The number of nitrogens with zero attached hydrogens (tertiary/aromatic N) is 1. The summed E-state index contributed by atoms with van der Waals surface area (Å²) in [5, 5.41) is 15.3. The molecule has 0 saturated carbocycles. The number of halogens is 1. The van der Waals surface area contributed by atoms with Gasteiger partial charge >= 0.3 is 5.97 Å². The molecule has 1 aromatic carbocycles. The minimum atomic E-state index is -1.16. The highest BCUT2D eigenvalue weighted by atomic mass is 32.1. The zero-order chi connectivity index (χ0) is 17.5. The van der Waals surface area contributed by atoms with Gasteiger partial charge in [-0.15, -0.1) is 11.3 Å². The van der Waals surface area contributed by atoms with Crippen LogP contribution < -0.4 is 10.6 Å². The lowest BCUT2D eigenvalue weighted by Gasteiger charge is -2.04. The topological polar surface area (TPSA) is 108 Å². The van der Waals surface area contributed by atoms with E-state index in [4.69, 9.17) is 5.11 Å². The van der Waals surface area contributed by atoms with Gasteiger partial charge in [-0.3, -0.25) is 14.4 Å². The lowest BCUT2D eigenvalue weighted by Crippen LogP contribution is -2.39. The Morgan fingerprint density at radius 1 is 1.08 bits per heavy atom. The third kappa shape index (κ3) is 5.43. The van der Waals surface area contributed by atoms with Gasteiger partial charge in [0.05, 0.1) is 18.7 Å². The number of rotatable bonds is 7. The smallest absolute Gasteiger partial charge is 0.322 e. The van der Waals surface area contributed by atoms with Crippen LogP contribution in [0.3, 0.4) is 0 Å². The first kappa shape index (κ1) is 17.5. The van der Waals surface area contributed by atoms with Crippen molar-refractivity contribution in [3.63, 3.8) is 0 Å². The fourth-order valence-electron chi connectivity index (χ4n) is 1.76. The lowest BCUT2D eigenvalue weighted by atomic mass is 10.2. The molecule has 0 aliphatic rings. The van der Waals surface area contributed by atoms with Crippen LogP contribution in [0, 0.1) is 5.82 Å². The largest absolute Gasteiger partial charge is 0.480 e. The van der Waals surface area contributed by atoms with E-state index in [0.29, 0.717) is 10.7 Å². The van der Waals surface area contributed by atoms with Gasteiger partial charge in [-0.1, -0.05) is 0 Å². The van der Waals surface area contributed by atoms with E-state index in [-0.39, 0.29) is 18.8 Å². The fraction of sp³-hybridized carbons (Fsp3) is 0.200. The summed E-state index contributed by atoms with van der Waals surface area (Å²) in [5.41, 5.74) is 1.28. The van der Waals surface area contributed by atoms with Crippen molar-refractivity contribution in [3.8, 4) is 10.6 Å². The fourth-order valence-corrected chi connectivity index (χ4v) is 2.58. The van der Waals surface area contributed by atoms with Crippen LogP contribution in [0.4, 0.5) is 4.39 Å². The van der Waals surface area contributed by atoms with Crippen molar-refractivity contribution in [1.82, 2.24) is 15.6 Å². The molecule has 0 atom stereocenters. The van der Waals surface area contributed by atoms with Gasteiger partial charge in [0, 0.05) is 10.9 Å². The number of carboxylic acid groups (broad SMARTS) is 1. The maximum Gasteiger partial charge on any atom is 0.322 e. The second kappa shape index (κ2) is 8.16. The van der Waals surface area contributed by atoms with Crippen molar-refractivity contribution in [2.45, 2.75) is 6.42 Å².